The molecule has 2 aromatic heterocycles. The molecule has 1 amide bonds. The Morgan fingerprint density at radius 2 is 2.50 bits per heavy atom. The largest absolute Gasteiger partial charge is 0.350 e. The lowest BCUT2D eigenvalue weighted by Gasteiger charge is -2.09. The molecule has 1 unspecified atom stereocenters. The molecule has 0 spiro atoms. The van der Waals surface area contributed by atoms with Gasteiger partial charge in [0, 0.05) is 24.9 Å². The third-order valence-electron chi connectivity index (χ3n) is 3.79. The summed E-state index contributed by atoms with van der Waals surface area (Å²) in [6, 6.07) is 4.38. The Kier molecular flexibility index (Phi) is 3.69. The number of nitrogens with one attached hydrogen (secondary N) is 2. The number of aryl methyl sites for hydroxylation is 1. The third-order valence-corrected chi connectivity index (χ3v) is 3.79. The van der Waals surface area contributed by atoms with Crippen LogP contribution in [-0.2, 0) is 11.3 Å². The van der Waals surface area contributed by atoms with Crippen molar-refractivity contribution in [3.8, 4) is 0 Å². The normalized spacial score (nSPS) is 18.6. The van der Waals surface area contributed by atoms with Crippen LogP contribution in [0.4, 0.5) is 0 Å². The van der Waals surface area contributed by atoms with E-state index >= 15 is 0 Å². The minimum absolute atomic E-state index is 0.0955. The van der Waals surface area contributed by atoms with Gasteiger partial charge < -0.3 is 15.0 Å². The Morgan fingerprint density at radius 1 is 1.60 bits per heavy atom. The summed E-state index contributed by atoms with van der Waals surface area (Å²) in [5, 5.41) is 6.29. The summed E-state index contributed by atoms with van der Waals surface area (Å²) in [4.78, 5) is 16.4. The molecule has 3 heterocycles. The van der Waals surface area contributed by atoms with E-state index in [2.05, 4.69) is 15.6 Å². The number of carbonyl (C=O) groups excluding carboxylic acids is 1. The molecule has 0 saturated carbocycles. The van der Waals surface area contributed by atoms with Crippen LogP contribution in [0.1, 0.15) is 30.5 Å². The van der Waals surface area contributed by atoms with Gasteiger partial charge in [-0.05, 0) is 37.9 Å². The summed E-state index contributed by atoms with van der Waals surface area (Å²) < 4.78 is 2.00. The molecule has 5 heteroatoms. The Labute approximate surface area is 118 Å². The average molecular weight is 272 g/mol. The van der Waals surface area contributed by atoms with Gasteiger partial charge in [0.15, 0.2) is 0 Å². The predicted molar refractivity (Wildman–Crippen MR) is 77.4 cm³/mol. The van der Waals surface area contributed by atoms with E-state index in [1.807, 2.05) is 35.9 Å². The van der Waals surface area contributed by atoms with Crippen LogP contribution in [0.5, 0.6) is 0 Å². The molecule has 1 aliphatic heterocycles. The second-order valence-corrected chi connectivity index (χ2v) is 5.43. The number of nitrogens with zero attached hydrogens (tertiary/aromatic N) is 2. The van der Waals surface area contributed by atoms with Gasteiger partial charge in [-0.1, -0.05) is 6.07 Å². The van der Waals surface area contributed by atoms with Crippen LogP contribution < -0.4 is 10.6 Å². The van der Waals surface area contributed by atoms with Gasteiger partial charge in [-0.2, -0.15) is 0 Å². The predicted octanol–water partition coefficient (Wildman–Crippen LogP) is 1.40. The zero-order valence-corrected chi connectivity index (χ0v) is 11.7. The SMILES string of the molecule is Cc1cccn2cc(CNC(=O)CC3CCCN3)nc12. The lowest BCUT2D eigenvalue weighted by Crippen LogP contribution is -2.31. The molecule has 1 fully saturated rings. The maximum absolute atomic E-state index is 11.9. The van der Waals surface area contributed by atoms with Crippen LogP contribution in [0, 0.1) is 6.92 Å². The summed E-state index contributed by atoms with van der Waals surface area (Å²) >= 11 is 0. The van der Waals surface area contributed by atoms with Crippen molar-refractivity contribution in [1.29, 1.82) is 0 Å². The summed E-state index contributed by atoms with van der Waals surface area (Å²) in [5.41, 5.74) is 2.99. The summed E-state index contributed by atoms with van der Waals surface area (Å²) in [6.45, 7) is 3.56. The number of fused-ring (bicyclic) bond motifs is 1. The monoisotopic (exact) mass is 272 g/mol. The van der Waals surface area contributed by atoms with E-state index in [-0.39, 0.29) is 5.91 Å². The molecular formula is C15H20N4O. The number of rotatable bonds is 4. The number of hydrogen-bond donors (Lipinski definition) is 2. The third kappa shape index (κ3) is 2.82. The standard InChI is InChI=1S/C15H20N4O/c1-11-4-3-7-19-10-13(18-15(11)19)9-17-14(20)8-12-5-2-6-16-12/h3-4,7,10,12,16H,2,5-6,8-9H2,1H3,(H,17,20). The number of hydrogen-bond acceptors (Lipinski definition) is 3. The van der Waals surface area contributed by atoms with E-state index in [0.717, 1.165) is 29.9 Å². The van der Waals surface area contributed by atoms with Gasteiger partial charge in [0.1, 0.15) is 5.65 Å². The minimum atomic E-state index is 0.0955. The molecule has 1 saturated heterocycles. The van der Waals surface area contributed by atoms with Crippen molar-refractivity contribution in [1.82, 2.24) is 20.0 Å². The van der Waals surface area contributed by atoms with Crippen LogP contribution in [0.2, 0.25) is 0 Å². The fourth-order valence-corrected chi connectivity index (χ4v) is 2.71. The van der Waals surface area contributed by atoms with Crippen LogP contribution in [0.3, 0.4) is 0 Å². The zero-order valence-electron chi connectivity index (χ0n) is 11.7. The molecular weight excluding hydrogens is 252 g/mol. The van der Waals surface area contributed by atoms with E-state index in [4.69, 9.17) is 0 Å². The molecule has 2 N–H and O–H groups in total. The van der Waals surface area contributed by atoms with E-state index in [9.17, 15) is 4.79 Å². The highest BCUT2D eigenvalue weighted by molar-refractivity contribution is 5.76. The van der Waals surface area contributed by atoms with Gasteiger partial charge in [0.25, 0.3) is 0 Å². The molecule has 0 aliphatic carbocycles. The zero-order chi connectivity index (χ0) is 13.9. The van der Waals surface area contributed by atoms with Crippen LogP contribution in [0.15, 0.2) is 24.5 Å². The van der Waals surface area contributed by atoms with Gasteiger partial charge in [-0.3, -0.25) is 4.79 Å². The topological polar surface area (TPSA) is 58.4 Å². The Morgan fingerprint density at radius 3 is 3.25 bits per heavy atom. The summed E-state index contributed by atoms with van der Waals surface area (Å²) in [7, 11) is 0. The van der Waals surface area contributed by atoms with Crippen molar-refractivity contribution < 1.29 is 4.79 Å². The Balaban J connectivity index is 1.59. The first-order valence-corrected chi connectivity index (χ1v) is 7.15. The van der Waals surface area contributed by atoms with Crippen molar-refractivity contribution >= 4 is 11.6 Å². The quantitative estimate of drug-likeness (QED) is 0.884. The minimum Gasteiger partial charge on any atom is -0.350 e. The number of pyridine rings is 1. The van der Waals surface area contributed by atoms with E-state index < -0.39 is 0 Å². The second-order valence-electron chi connectivity index (χ2n) is 5.43. The highest BCUT2D eigenvalue weighted by Crippen LogP contribution is 2.11. The van der Waals surface area contributed by atoms with Crippen LogP contribution >= 0.6 is 0 Å². The van der Waals surface area contributed by atoms with E-state index in [0.29, 0.717) is 19.0 Å². The van der Waals surface area contributed by atoms with Crippen molar-refractivity contribution in [2.75, 3.05) is 6.54 Å². The van der Waals surface area contributed by atoms with E-state index in [1.54, 1.807) is 0 Å². The fourth-order valence-electron chi connectivity index (χ4n) is 2.71. The van der Waals surface area contributed by atoms with Gasteiger partial charge >= 0.3 is 0 Å². The Hall–Kier alpha value is -1.88. The number of imidazole rings is 1. The molecule has 0 radical (unpaired) electrons. The average Bonchev–Trinajstić information content (AvgIpc) is 3.06. The van der Waals surface area contributed by atoms with E-state index in [1.165, 1.54) is 6.42 Å². The Bertz CT molecular complexity index is 613. The molecule has 106 valence electrons. The van der Waals surface area contributed by atoms with Gasteiger partial charge in [-0.25, -0.2) is 4.98 Å². The smallest absolute Gasteiger partial charge is 0.221 e. The highest BCUT2D eigenvalue weighted by Gasteiger charge is 2.17. The fraction of sp³-hybridized carbons (Fsp3) is 0.467. The van der Waals surface area contributed by atoms with Crippen molar-refractivity contribution in [2.24, 2.45) is 0 Å². The molecule has 3 rings (SSSR count). The first kappa shape index (κ1) is 13.1. The van der Waals surface area contributed by atoms with Gasteiger partial charge in [0.05, 0.1) is 12.2 Å². The first-order valence-electron chi connectivity index (χ1n) is 7.15. The van der Waals surface area contributed by atoms with Crippen LogP contribution in [0.25, 0.3) is 5.65 Å². The number of carbonyl (C=O) groups is 1. The summed E-state index contributed by atoms with van der Waals surface area (Å²) in [6.07, 6.45) is 6.77. The van der Waals surface area contributed by atoms with Gasteiger partial charge in [0.2, 0.25) is 5.91 Å². The van der Waals surface area contributed by atoms with Crippen LogP contribution in [-0.4, -0.2) is 27.9 Å². The van der Waals surface area contributed by atoms with Gasteiger partial charge in [-0.15, -0.1) is 0 Å². The number of aromatic nitrogens is 2. The molecule has 1 atom stereocenters. The molecule has 5 nitrogen and oxygen atoms in total. The maximum atomic E-state index is 11.9. The second kappa shape index (κ2) is 5.63. The highest BCUT2D eigenvalue weighted by atomic mass is 16.1. The number of amides is 1. The first-order chi connectivity index (χ1) is 9.72. The maximum Gasteiger partial charge on any atom is 0.221 e. The molecule has 0 aromatic carbocycles. The molecule has 20 heavy (non-hydrogen) atoms. The van der Waals surface area contributed by atoms with Crippen molar-refractivity contribution in [2.45, 2.75) is 38.8 Å². The van der Waals surface area contributed by atoms with Crippen molar-refractivity contribution in [3.63, 3.8) is 0 Å². The molecule has 0 bridgehead atoms. The summed E-state index contributed by atoms with van der Waals surface area (Å²) in [5.74, 6) is 0.0955. The lowest BCUT2D eigenvalue weighted by molar-refractivity contribution is -0.121. The lowest BCUT2D eigenvalue weighted by atomic mass is 10.1. The molecule has 1 aliphatic rings. The molecule has 2 aromatic rings. The van der Waals surface area contributed by atoms with Crippen molar-refractivity contribution in [3.05, 3.63) is 35.8 Å².